The molecule has 2 N–H and O–H groups in total. The van der Waals surface area contributed by atoms with Gasteiger partial charge in [-0.3, -0.25) is 9.97 Å². The van der Waals surface area contributed by atoms with Crippen LogP contribution in [0, 0.1) is 0 Å². The van der Waals surface area contributed by atoms with Crippen LogP contribution in [0.25, 0.3) is 0 Å². The number of pyridine rings is 1. The predicted molar refractivity (Wildman–Crippen MR) is 63.9 cm³/mol. The second-order valence-corrected chi connectivity index (χ2v) is 4.36. The molecule has 0 bridgehead atoms. The lowest BCUT2D eigenvalue weighted by molar-refractivity contribution is 0.892. The Balaban J connectivity index is 2.13. The molecule has 0 aliphatic rings. The van der Waals surface area contributed by atoms with E-state index in [1.54, 1.807) is 36.5 Å². The van der Waals surface area contributed by atoms with Crippen LogP contribution >= 0.6 is 11.8 Å². The maximum absolute atomic E-state index is 5.74. The van der Waals surface area contributed by atoms with E-state index in [-0.39, 0.29) is 5.25 Å². The highest BCUT2D eigenvalue weighted by Crippen LogP contribution is 2.31. The SMILES string of the molecule is NCC(Sc1cnccn1)c1ccccn1. The van der Waals surface area contributed by atoms with Crippen LogP contribution in [0.3, 0.4) is 0 Å². The summed E-state index contributed by atoms with van der Waals surface area (Å²) in [5.41, 5.74) is 6.72. The van der Waals surface area contributed by atoms with Gasteiger partial charge in [-0.15, -0.1) is 0 Å². The van der Waals surface area contributed by atoms with Gasteiger partial charge in [-0.1, -0.05) is 17.8 Å². The van der Waals surface area contributed by atoms with Gasteiger partial charge in [0, 0.05) is 25.1 Å². The molecular formula is C11H12N4S. The minimum Gasteiger partial charge on any atom is -0.329 e. The Morgan fingerprint density at radius 1 is 1.19 bits per heavy atom. The van der Waals surface area contributed by atoms with Crippen LogP contribution < -0.4 is 5.73 Å². The zero-order chi connectivity index (χ0) is 11.2. The molecule has 2 aromatic rings. The molecule has 1 unspecified atom stereocenters. The Hall–Kier alpha value is -1.46. The molecule has 0 aliphatic carbocycles. The Labute approximate surface area is 98.3 Å². The summed E-state index contributed by atoms with van der Waals surface area (Å²) in [5, 5.41) is 0.988. The first-order chi connectivity index (χ1) is 7.90. The summed E-state index contributed by atoms with van der Waals surface area (Å²) in [6.07, 6.45) is 6.84. The smallest absolute Gasteiger partial charge is 0.115 e. The monoisotopic (exact) mass is 232 g/mol. The molecule has 0 aliphatic heterocycles. The van der Waals surface area contributed by atoms with Crippen LogP contribution in [0.4, 0.5) is 0 Å². The molecule has 0 radical (unpaired) electrons. The van der Waals surface area contributed by atoms with Crippen molar-refractivity contribution in [2.45, 2.75) is 10.3 Å². The van der Waals surface area contributed by atoms with E-state index in [1.165, 1.54) is 0 Å². The number of aromatic nitrogens is 3. The van der Waals surface area contributed by atoms with E-state index in [0.29, 0.717) is 6.54 Å². The fraction of sp³-hybridized carbons (Fsp3) is 0.182. The third-order valence-corrected chi connectivity index (χ3v) is 3.20. The van der Waals surface area contributed by atoms with Crippen LogP contribution in [0.1, 0.15) is 10.9 Å². The molecule has 0 aromatic carbocycles. The second kappa shape index (κ2) is 5.58. The molecule has 82 valence electrons. The first kappa shape index (κ1) is 11.0. The Kier molecular flexibility index (Phi) is 3.85. The highest BCUT2D eigenvalue weighted by Gasteiger charge is 2.12. The summed E-state index contributed by atoms with van der Waals surface area (Å²) in [4.78, 5) is 12.5. The lowest BCUT2D eigenvalue weighted by atomic mass is 10.3. The quantitative estimate of drug-likeness (QED) is 0.812. The summed E-state index contributed by atoms with van der Waals surface area (Å²) < 4.78 is 0. The standard InChI is InChI=1S/C11H12N4S/c12-7-10(9-3-1-2-4-14-9)16-11-8-13-5-6-15-11/h1-6,8,10H,7,12H2. The average Bonchev–Trinajstić information content (AvgIpc) is 2.38. The maximum Gasteiger partial charge on any atom is 0.115 e. The van der Waals surface area contributed by atoms with Gasteiger partial charge in [0.05, 0.1) is 17.1 Å². The molecule has 2 rings (SSSR count). The van der Waals surface area contributed by atoms with E-state index < -0.39 is 0 Å². The predicted octanol–water partition coefficient (Wildman–Crippen LogP) is 1.66. The van der Waals surface area contributed by atoms with E-state index in [9.17, 15) is 0 Å². The molecule has 0 amide bonds. The summed E-state index contributed by atoms with van der Waals surface area (Å²) in [7, 11) is 0. The highest BCUT2D eigenvalue weighted by molar-refractivity contribution is 7.99. The summed E-state index contributed by atoms with van der Waals surface area (Å²) in [5.74, 6) is 0. The van der Waals surface area contributed by atoms with Gasteiger partial charge in [0.15, 0.2) is 0 Å². The first-order valence-electron chi connectivity index (χ1n) is 4.94. The molecule has 2 heterocycles. The van der Waals surface area contributed by atoms with Crippen LogP contribution in [-0.2, 0) is 0 Å². The molecule has 0 saturated heterocycles. The van der Waals surface area contributed by atoms with Crippen molar-refractivity contribution in [1.29, 1.82) is 0 Å². The third-order valence-electron chi connectivity index (χ3n) is 2.03. The molecule has 0 fully saturated rings. The number of rotatable bonds is 4. The van der Waals surface area contributed by atoms with Crippen molar-refractivity contribution in [3.8, 4) is 0 Å². The van der Waals surface area contributed by atoms with Crippen LogP contribution in [-0.4, -0.2) is 21.5 Å². The third kappa shape index (κ3) is 2.77. The van der Waals surface area contributed by atoms with Gasteiger partial charge in [-0.25, -0.2) is 4.98 Å². The Morgan fingerprint density at radius 3 is 2.75 bits per heavy atom. The molecule has 5 heteroatoms. The van der Waals surface area contributed by atoms with Gasteiger partial charge in [0.1, 0.15) is 5.03 Å². The van der Waals surface area contributed by atoms with Crippen LogP contribution in [0.2, 0.25) is 0 Å². The van der Waals surface area contributed by atoms with Gasteiger partial charge in [0.2, 0.25) is 0 Å². The molecule has 1 atom stereocenters. The first-order valence-corrected chi connectivity index (χ1v) is 5.82. The van der Waals surface area contributed by atoms with E-state index in [0.717, 1.165) is 10.7 Å². The summed E-state index contributed by atoms with van der Waals surface area (Å²) >= 11 is 1.58. The number of nitrogens with zero attached hydrogens (tertiary/aromatic N) is 3. The number of hydrogen-bond donors (Lipinski definition) is 1. The van der Waals surface area contributed by atoms with Gasteiger partial charge >= 0.3 is 0 Å². The van der Waals surface area contributed by atoms with Crippen molar-refractivity contribution in [3.05, 3.63) is 48.7 Å². The molecule has 2 aromatic heterocycles. The molecule has 0 spiro atoms. The summed E-state index contributed by atoms with van der Waals surface area (Å²) in [6, 6.07) is 5.83. The van der Waals surface area contributed by atoms with Crippen molar-refractivity contribution in [1.82, 2.24) is 15.0 Å². The van der Waals surface area contributed by atoms with Gasteiger partial charge < -0.3 is 5.73 Å². The lowest BCUT2D eigenvalue weighted by Crippen LogP contribution is -2.10. The van der Waals surface area contributed by atoms with Crippen LogP contribution in [0.15, 0.2) is 48.0 Å². The fourth-order valence-corrected chi connectivity index (χ4v) is 2.18. The van der Waals surface area contributed by atoms with Crippen LogP contribution in [0.5, 0.6) is 0 Å². The zero-order valence-electron chi connectivity index (χ0n) is 8.65. The minimum atomic E-state index is 0.123. The van der Waals surface area contributed by atoms with Crippen molar-refractivity contribution in [2.75, 3.05) is 6.54 Å². The van der Waals surface area contributed by atoms with Crippen molar-refractivity contribution < 1.29 is 0 Å². The Morgan fingerprint density at radius 2 is 2.12 bits per heavy atom. The minimum absolute atomic E-state index is 0.123. The molecule has 0 saturated carbocycles. The van der Waals surface area contributed by atoms with Crippen molar-refractivity contribution in [2.24, 2.45) is 5.73 Å². The van der Waals surface area contributed by atoms with Gasteiger partial charge in [0.25, 0.3) is 0 Å². The zero-order valence-corrected chi connectivity index (χ0v) is 9.47. The van der Waals surface area contributed by atoms with Gasteiger partial charge in [-0.2, -0.15) is 0 Å². The highest BCUT2D eigenvalue weighted by atomic mass is 32.2. The summed E-state index contributed by atoms with van der Waals surface area (Å²) in [6.45, 7) is 0.526. The van der Waals surface area contributed by atoms with E-state index in [2.05, 4.69) is 15.0 Å². The molecule has 16 heavy (non-hydrogen) atoms. The lowest BCUT2D eigenvalue weighted by Gasteiger charge is -2.12. The van der Waals surface area contributed by atoms with E-state index in [1.807, 2.05) is 18.2 Å². The van der Waals surface area contributed by atoms with Gasteiger partial charge in [-0.05, 0) is 12.1 Å². The number of thioether (sulfide) groups is 1. The average molecular weight is 232 g/mol. The second-order valence-electron chi connectivity index (χ2n) is 3.14. The van der Waals surface area contributed by atoms with Crippen molar-refractivity contribution in [3.63, 3.8) is 0 Å². The molecular weight excluding hydrogens is 220 g/mol. The van der Waals surface area contributed by atoms with Crippen molar-refractivity contribution >= 4 is 11.8 Å². The normalized spacial score (nSPS) is 12.3. The maximum atomic E-state index is 5.74. The Bertz CT molecular complexity index is 421. The van der Waals surface area contributed by atoms with E-state index >= 15 is 0 Å². The fourth-order valence-electron chi connectivity index (χ4n) is 1.29. The largest absolute Gasteiger partial charge is 0.329 e. The topological polar surface area (TPSA) is 64.7 Å². The number of nitrogens with two attached hydrogens (primary N) is 1. The number of hydrogen-bond acceptors (Lipinski definition) is 5. The molecule has 4 nitrogen and oxygen atoms in total. The van der Waals surface area contributed by atoms with E-state index in [4.69, 9.17) is 5.73 Å².